The van der Waals surface area contributed by atoms with E-state index >= 15 is 0 Å². The summed E-state index contributed by atoms with van der Waals surface area (Å²) in [6.07, 6.45) is 57.1. The molecule has 0 aromatic rings. The lowest BCUT2D eigenvalue weighted by Crippen LogP contribution is -1.99. The highest BCUT2D eigenvalue weighted by Gasteiger charge is 2.00. The van der Waals surface area contributed by atoms with Crippen molar-refractivity contribution >= 4 is 11.9 Å². The molecule has 0 saturated carbocycles. The molecule has 53 heavy (non-hydrogen) atoms. The summed E-state index contributed by atoms with van der Waals surface area (Å²) >= 11 is 0. The van der Waals surface area contributed by atoms with Gasteiger partial charge in [-0.05, 0) is 71.1 Å². The van der Waals surface area contributed by atoms with Gasteiger partial charge in [0.1, 0.15) is 0 Å². The van der Waals surface area contributed by atoms with Crippen molar-refractivity contribution in [3.63, 3.8) is 0 Å². The molecule has 4 nitrogen and oxygen atoms in total. The number of hydrogen-bond donors (Lipinski definition) is 0. The van der Waals surface area contributed by atoms with Gasteiger partial charge in [0.25, 0.3) is 0 Å². The van der Waals surface area contributed by atoms with E-state index in [4.69, 9.17) is 0 Å². The summed E-state index contributed by atoms with van der Waals surface area (Å²) in [5.74, 6) is -0.148. The summed E-state index contributed by atoms with van der Waals surface area (Å²) in [5.41, 5.74) is 0. The van der Waals surface area contributed by atoms with Gasteiger partial charge in [-0.2, -0.15) is 0 Å². The van der Waals surface area contributed by atoms with Crippen LogP contribution in [0.2, 0.25) is 0 Å². The highest BCUT2D eigenvalue weighted by Crippen LogP contribution is 2.14. The molecule has 0 amide bonds. The Kier molecular flexibility index (Phi) is 61.6. The van der Waals surface area contributed by atoms with Crippen LogP contribution in [0.5, 0.6) is 0 Å². The van der Waals surface area contributed by atoms with Crippen molar-refractivity contribution in [1.82, 2.24) is 0 Å². The molecule has 0 unspecified atom stereocenters. The lowest BCUT2D eigenvalue weighted by atomic mass is 10.0. The summed E-state index contributed by atoms with van der Waals surface area (Å²) in [6, 6.07) is 0. The Morgan fingerprint density at radius 2 is 0.698 bits per heavy atom. The first-order valence-electron chi connectivity index (χ1n) is 22.1. The molecule has 0 aliphatic rings. The molecule has 4 heteroatoms. The number of carbonyl (C=O) groups excluding carboxylic acids is 2. The van der Waals surface area contributed by atoms with E-state index in [1.165, 1.54) is 168 Å². The summed E-state index contributed by atoms with van der Waals surface area (Å²) < 4.78 is 9.25. The minimum absolute atomic E-state index is 0. The molecule has 0 aromatic carbocycles. The van der Waals surface area contributed by atoms with E-state index in [-0.39, 0.29) is 19.4 Å². The second kappa shape index (κ2) is 56.6. The lowest BCUT2D eigenvalue weighted by Gasteiger charge is -2.03. The van der Waals surface area contributed by atoms with Gasteiger partial charge in [-0.3, -0.25) is 9.59 Å². The van der Waals surface area contributed by atoms with Crippen LogP contribution in [-0.4, -0.2) is 26.2 Å². The maximum absolute atomic E-state index is 10.9. The highest BCUT2D eigenvalue weighted by molar-refractivity contribution is 5.69. The van der Waals surface area contributed by atoms with Crippen LogP contribution >= 0.6 is 0 Å². The van der Waals surface area contributed by atoms with Crippen molar-refractivity contribution in [2.24, 2.45) is 0 Å². The number of rotatable bonds is 35. The van der Waals surface area contributed by atoms with Crippen molar-refractivity contribution in [3.05, 3.63) is 63.0 Å². The molecule has 0 atom stereocenters. The second-order valence-electron chi connectivity index (χ2n) is 14.1. The van der Waals surface area contributed by atoms with Crippen LogP contribution in [0.3, 0.4) is 0 Å². The van der Waals surface area contributed by atoms with E-state index in [1.54, 1.807) is 0 Å². The van der Waals surface area contributed by atoms with Crippen molar-refractivity contribution in [3.8, 4) is 0 Å². The molecule has 0 fully saturated rings. The molecule has 2 radical (unpaired) electrons. The van der Waals surface area contributed by atoms with Gasteiger partial charge in [-0.15, -0.1) is 0 Å². The van der Waals surface area contributed by atoms with Crippen LogP contribution in [0.1, 0.15) is 226 Å². The Balaban J connectivity index is -0.000000358. The summed E-state index contributed by atoms with van der Waals surface area (Å²) in [7, 11) is 2.92. The molecule has 0 aliphatic carbocycles. The zero-order chi connectivity index (χ0) is 38.9. The topological polar surface area (TPSA) is 52.6 Å². The fraction of sp³-hybridized carbons (Fsp3) is 0.755. The third-order valence-electron chi connectivity index (χ3n) is 9.00. The number of hydrogen-bond acceptors (Lipinski definition) is 4. The molecule has 0 bridgehead atoms. The van der Waals surface area contributed by atoms with Gasteiger partial charge >= 0.3 is 11.9 Å². The molecule has 312 valence electrons. The van der Waals surface area contributed by atoms with Crippen LogP contribution < -0.4 is 0 Å². The van der Waals surface area contributed by atoms with Gasteiger partial charge in [-0.25, -0.2) is 0 Å². The summed E-state index contributed by atoms with van der Waals surface area (Å²) in [6.45, 7) is 10.4. The third-order valence-corrected chi connectivity index (χ3v) is 9.00. The fourth-order valence-electron chi connectivity index (χ4n) is 5.60. The van der Waals surface area contributed by atoms with E-state index in [9.17, 15) is 9.59 Å². The largest absolute Gasteiger partial charge is 0.469 e. The molecule has 0 N–H and O–H groups in total. The Morgan fingerprint density at radius 1 is 0.396 bits per heavy atom. The average Bonchev–Trinajstić information content (AvgIpc) is 3.16. The molecular formula is C49H92O4. The first-order valence-corrected chi connectivity index (χ1v) is 22.1. The van der Waals surface area contributed by atoms with E-state index in [2.05, 4.69) is 85.8 Å². The Bertz CT molecular complexity index is 794. The van der Waals surface area contributed by atoms with Crippen LogP contribution in [0.15, 0.2) is 48.6 Å². The van der Waals surface area contributed by atoms with Crippen molar-refractivity contribution in [2.45, 2.75) is 226 Å². The van der Waals surface area contributed by atoms with Crippen molar-refractivity contribution in [2.75, 3.05) is 14.2 Å². The predicted molar refractivity (Wildman–Crippen MR) is 237 cm³/mol. The van der Waals surface area contributed by atoms with Crippen LogP contribution in [-0.2, 0) is 19.1 Å². The number of esters is 2. The van der Waals surface area contributed by atoms with E-state index in [0.717, 1.165) is 38.5 Å². The first kappa shape index (κ1) is 57.6. The third kappa shape index (κ3) is 62.2. The monoisotopic (exact) mass is 745 g/mol. The molecule has 0 saturated heterocycles. The van der Waals surface area contributed by atoms with E-state index in [0.29, 0.717) is 12.8 Å². The number of ether oxygens (including phenoxy) is 2. The zero-order valence-corrected chi connectivity index (χ0v) is 36.6. The normalized spacial score (nSPS) is 11.1. The Morgan fingerprint density at radius 3 is 1.06 bits per heavy atom. The van der Waals surface area contributed by atoms with E-state index < -0.39 is 0 Å². The standard InChI is InChI=1S/C19H38O2.C19H34O2.C10H17.CH3/c2*1-3-4-5-6-7-8-9-10-11-12-13-14-15-16-17-18-19(20)21-2;1-3-5-7-9-10-8-6-4-2;/h3-18H2,1-2H3;7-8,10-11H,3-6,9,12-18H2,1-2H3;5,7-8,10H,1,3-4,6,9H2,2H3;1H3/b;8-7-,11-10-;;. The molecule has 0 aliphatic heterocycles. The number of methoxy groups -OCH3 is 2. The summed E-state index contributed by atoms with van der Waals surface area (Å²) in [4.78, 5) is 21.8. The number of carbonyl (C=O) groups is 2. The van der Waals surface area contributed by atoms with E-state index in [1.807, 2.05) is 0 Å². The quantitative estimate of drug-likeness (QED) is 0.0368. The fourth-order valence-corrected chi connectivity index (χ4v) is 5.60. The number of allylic oxidation sites excluding steroid dienone is 8. The van der Waals surface area contributed by atoms with Gasteiger partial charge in [0.2, 0.25) is 0 Å². The van der Waals surface area contributed by atoms with Crippen LogP contribution in [0.4, 0.5) is 0 Å². The number of unbranched alkanes of at least 4 members (excludes halogenated alkanes) is 23. The minimum atomic E-state index is -0.0827. The smallest absolute Gasteiger partial charge is 0.305 e. The van der Waals surface area contributed by atoms with Crippen LogP contribution in [0, 0.1) is 14.4 Å². The zero-order valence-electron chi connectivity index (χ0n) is 36.6. The van der Waals surface area contributed by atoms with Crippen molar-refractivity contribution < 1.29 is 19.1 Å². The first-order chi connectivity index (χ1) is 25.5. The minimum Gasteiger partial charge on any atom is -0.469 e. The maximum Gasteiger partial charge on any atom is 0.305 e. The summed E-state index contributed by atoms with van der Waals surface area (Å²) in [5, 5.41) is 0. The van der Waals surface area contributed by atoms with Gasteiger partial charge in [0.05, 0.1) is 14.2 Å². The SMILES string of the molecule is CCCCC/C=C\C/C=C\CCCCCCCC(=O)OC.CCCCCCCCCCCCCCCCCC(=O)OC.[CH2]CC=CCC=CCCC.[CH3]. The van der Waals surface area contributed by atoms with Gasteiger partial charge in [-0.1, -0.05) is 205 Å². The molecular weight excluding hydrogens is 653 g/mol. The average molecular weight is 745 g/mol. The van der Waals surface area contributed by atoms with Gasteiger partial charge in [0, 0.05) is 12.8 Å². The molecule has 0 rings (SSSR count). The maximum atomic E-state index is 10.9. The van der Waals surface area contributed by atoms with Crippen molar-refractivity contribution in [1.29, 1.82) is 0 Å². The molecule has 0 heterocycles. The highest BCUT2D eigenvalue weighted by atomic mass is 16.5. The van der Waals surface area contributed by atoms with Gasteiger partial charge in [0.15, 0.2) is 0 Å². The predicted octanol–water partition coefficient (Wildman–Crippen LogP) is 16.4. The van der Waals surface area contributed by atoms with Gasteiger partial charge < -0.3 is 9.47 Å². The Hall–Kier alpha value is -2.10. The molecule has 0 spiro atoms. The molecule has 0 aromatic heterocycles. The Labute approximate surface area is 333 Å². The second-order valence-corrected chi connectivity index (χ2v) is 14.1. The lowest BCUT2D eigenvalue weighted by molar-refractivity contribution is -0.141. The van der Waals surface area contributed by atoms with Crippen LogP contribution in [0.25, 0.3) is 0 Å².